The predicted molar refractivity (Wildman–Crippen MR) is 78.5 cm³/mol. The highest BCUT2D eigenvalue weighted by molar-refractivity contribution is 7.22. The van der Waals surface area contributed by atoms with Gasteiger partial charge in [0.25, 0.3) is 0 Å². The zero-order valence-electron chi connectivity index (χ0n) is 10.9. The number of rotatable bonds is 2. The SMILES string of the molecule is C[C@@H]1CNCC[C@@H]1N(C)c1nc2ccccc2s1. The van der Waals surface area contributed by atoms with Gasteiger partial charge >= 0.3 is 0 Å². The summed E-state index contributed by atoms with van der Waals surface area (Å²) in [5.41, 5.74) is 1.12. The van der Waals surface area contributed by atoms with Gasteiger partial charge in [-0.3, -0.25) is 0 Å². The van der Waals surface area contributed by atoms with Crippen LogP contribution >= 0.6 is 11.3 Å². The molecule has 0 spiro atoms. The van der Waals surface area contributed by atoms with Crippen LogP contribution in [0.1, 0.15) is 13.3 Å². The molecule has 0 aliphatic carbocycles. The number of nitrogens with zero attached hydrogens (tertiary/aromatic N) is 2. The lowest BCUT2D eigenvalue weighted by Gasteiger charge is -2.36. The summed E-state index contributed by atoms with van der Waals surface area (Å²) in [4.78, 5) is 7.12. The Morgan fingerprint density at radius 2 is 2.22 bits per heavy atom. The van der Waals surface area contributed by atoms with Gasteiger partial charge in [-0.05, 0) is 37.6 Å². The second-order valence-electron chi connectivity index (χ2n) is 5.11. The quantitative estimate of drug-likeness (QED) is 0.901. The Morgan fingerprint density at radius 1 is 1.39 bits per heavy atom. The van der Waals surface area contributed by atoms with E-state index >= 15 is 0 Å². The van der Waals surface area contributed by atoms with Crippen molar-refractivity contribution in [1.29, 1.82) is 0 Å². The Hall–Kier alpha value is -1.13. The van der Waals surface area contributed by atoms with Crippen LogP contribution in [0.5, 0.6) is 0 Å². The lowest BCUT2D eigenvalue weighted by Crippen LogP contribution is -2.47. The molecule has 3 nitrogen and oxygen atoms in total. The third-order valence-electron chi connectivity index (χ3n) is 3.82. The number of fused-ring (bicyclic) bond motifs is 1. The highest BCUT2D eigenvalue weighted by Gasteiger charge is 2.26. The van der Waals surface area contributed by atoms with Crippen LogP contribution < -0.4 is 10.2 Å². The van der Waals surface area contributed by atoms with Gasteiger partial charge in [0.2, 0.25) is 0 Å². The number of benzene rings is 1. The summed E-state index contributed by atoms with van der Waals surface area (Å²) in [6, 6.07) is 8.98. The van der Waals surface area contributed by atoms with E-state index in [0.717, 1.165) is 23.7 Å². The maximum absolute atomic E-state index is 4.75. The van der Waals surface area contributed by atoms with Crippen LogP contribution in [0.2, 0.25) is 0 Å². The predicted octanol–water partition coefficient (Wildman–Crippen LogP) is 2.73. The van der Waals surface area contributed by atoms with Gasteiger partial charge in [-0.2, -0.15) is 0 Å². The second-order valence-corrected chi connectivity index (χ2v) is 6.12. The molecule has 0 unspecified atom stereocenters. The number of hydrogen-bond acceptors (Lipinski definition) is 4. The van der Waals surface area contributed by atoms with Crippen LogP contribution in [-0.4, -0.2) is 31.2 Å². The van der Waals surface area contributed by atoms with Crippen LogP contribution in [0, 0.1) is 5.92 Å². The molecule has 18 heavy (non-hydrogen) atoms. The topological polar surface area (TPSA) is 28.2 Å². The van der Waals surface area contributed by atoms with E-state index in [1.807, 2.05) is 0 Å². The number of piperidine rings is 1. The molecule has 1 aliphatic heterocycles. The molecule has 96 valence electrons. The zero-order chi connectivity index (χ0) is 12.5. The van der Waals surface area contributed by atoms with Crippen molar-refractivity contribution < 1.29 is 0 Å². The average molecular weight is 261 g/mol. The van der Waals surface area contributed by atoms with E-state index in [-0.39, 0.29) is 0 Å². The minimum Gasteiger partial charge on any atom is -0.348 e. The minimum absolute atomic E-state index is 0.604. The Labute approximate surface area is 112 Å². The maximum Gasteiger partial charge on any atom is 0.186 e. The molecule has 0 saturated carbocycles. The van der Waals surface area contributed by atoms with E-state index in [1.165, 1.54) is 11.1 Å². The van der Waals surface area contributed by atoms with E-state index in [0.29, 0.717) is 12.0 Å². The standard InChI is InChI=1S/C14H19N3S/c1-10-9-15-8-7-12(10)17(2)14-16-11-5-3-4-6-13(11)18-14/h3-6,10,12,15H,7-9H2,1-2H3/t10-,12+/m1/s1. The van der Waals surface area contributed by atoms with E-state index in [1.54, 1.807) is 11.3 Å². The number of aromatic nitrogens is 1. The van der Waals surface area contributed by atoms with Crippen LogP contribution in [-0.2, 0) is 0 Å². The monoisotopic (exact) mass is 261 g/mol. The molecule has 1 N–H and O–H groups in total. The van der Waals surface area contributed by atoms with Crippen LogP contribution in [0.15, 0.2) is 24.3 Å². The summed E-state index contributed by atoms with van der Waals surface area (Å²) >= 11 is 1.80. The number of nitrogens with one attached hydrogen (secondary N) is 1. The van der Waals surface area contributed by atoms with Crippen LogP contribution in [0.3, 0.4) is 0 Å². The molecular formula is C14H19N3S. The summed E-state index contributed by atoms with van der Waals surface area (Å²) in [7, 11) is 2.18. The van der Waals surface area contributed by atoms with Crippen molar-refractivity contribution in [2.45, 2.75) is 19.4 Å². The van der Waals surface area contributed by atoms with Crippen molar-refractivity contribution in [3.63, 3.8) is 0 Å². The zero-order valence-corrected chi connectivity index (χ0v) is 11.7. The molecule has 0 radical (unpaired) electrons. The average Bonchev–Trinajstić information content (AvgIpc) is 2.82. The summed E-state index contributed by atoms with van der Waals surface area (Å²) in [6.07, 6.45) is 1.20. The molecular weight excluding hydrogens is 242 g/mol. The smallest absolute Gasteiger partial charge is 0.186 e. The van der Waals surface area contributed by atoms with E-state index in [2.05, 4.69) is 48.5 Å². The van der Waals surface area contributed by atoms with Crippen molar-refractivity contribution in [2.75, 3.05) is 25.0 Å². The number of thiazole rings is 1. The van der Waals surface area contributed by atoms with Crippen LogP contribution in [0.4, 0.5) is 5.13 Å². The Morgan fingerprint density at radius 3 is 3.00 bits per heavy atom. The van der Waals surface area contributed by atoms with Crippen molar-refractivity contribution in [2.24, 2.45) is 5.92 Å². The maximum atomic E-state index is 4.75. The first-order valence-corrected chi connectivity index (χ1v) is 7.36. The molecule has 4 heteroatoms. The molecule has 1 aromatic carbocycles. The lowest BCUT2D eigenvalue weighted by atomic mass is 9.94. The Kier molecular flexibility index (Phi) is 3.22. The third-order valence-corrected chi connectivity index (χ3v) is 4.95. The van der Waals surface area contributed by atoms with Crippen molar-refractivity contribution in [1.82, 2.24) is 10.3 Å². The van der Waals surface area contributed by atoms with Gasteiger partial charge in [0.1, 0.15) is 0 Å². The first-order chi connectivity index (χ1) is 8.75. The third kappa shape index (κ3) is 2.10. The van der Waals surface area contributed by atoms with Gasteiger partial charge < -0.3 is 10.2 Å². The van der Waals surface area contributed by atoms with Gasteiger partial charge in [-0.1, -0.05) is 30.4 Å². The number of para-hydroxylation sites is 1. The van der Waals surface area contributed by atoms with Crippen molar-refractivity contribution in [3.05, 3.63) is 24.3 Å². The molecule has 0 bridgehead atoms. The molecule has 2 atom stereocenters. The molecule has 1 saturated heterocycles. The Balaban J connectivity index is 1.88. The molecule has 1 aliphatic rings. The van der Waals surface area contributed by atoms with E-state index < -0.39 is 0 Å². The fraction of sp³-hybridized carbons (Fsp3) is 0.500. The molecule has 2 heterocycles. The Bertz CT molecular complexity index is 504. The minimum atomic E-state index is 0.604. The van der Waals surface area contributed by atoms with E-state index in [4.69, 9.17) is 4.98 Å². The first kappa shape index (κ1) is 11.9. The number of hydrogen-bond donors (Lipinski definition) is 1. The van der Waals surface area contributed by atoms with Crippen molar-refractivity contribution >= 4 is 26.7 Å². The van der Waals surface area contributed by atoms with E-state index in [9.17, 15) is 0 Å². The molecule has 2 aromatic rings. The van der Waals surface area contributed by atoms with Crippen molar-refractivity contribution in [3.8, 4) is 0 Å². The molecule has 1 fully saturated rings. The highest BCUT2D eigenvalue weighted by atomic mass is 32.1. The van der Waals surface area contributed by atoms with Gasteiger partial charge in [0.15, 0.2) is 5.13 Å². The fourth-order valence-corrected chi connectivity index (χ4v) is 3.71. The molecule has 3 rings (SSSR count). The molecule has 0 amide bonds. The van der Waals surface area contributed by atoms with Crippen LogP contribution in [0.25, 0.3) is 10.2 Å². The summed E-state index contributed by atoms with van der Waals surface area (Å²) in [5, 5.41) is 4.60. The summed E-state index contributed by atoms with van der Waals surface area (Å²) < 4.78 is 1.28. The fourth-order valence-electron chi connectivity index (χ4n) is 2.73. The largest absolute Gasteiger partial charge is 0.348 e. The molecule has 1 aromatic heterocycles. The number of anilines is 1. The first-order valence-electron chi connectivity index (χ1n) is 6.55. The summed E-state index contributed by atoms with van der Waals surface area (Å²) in [5.74, 6) is 0.677. The highest BCUT2D eigenvalue weighted by Crippen LogP contribution is 2.31. The normalized spacial score (nSPS) is 24.3. The van der Waals surface area contributed by atoms with Gasteiger partial charge in [-0.25, -0.2) is 4.98 Å². The van der Waals surface area contributed by atoms with Gasteiger partial charge in [0, 0.05) is 13.1 Å². The second kappa shape index (κ2) is 4.86. The van der Waals surface area contributed by atoms with Gasteiger partial charge in [0.05, 0.1) is 10.2 Å². The van der Waals surface area contributed by atoms with Gasteiger partial charge in [-0.15, -0.1) is 0 Å². The summed E-state index contributed by atoms with van der Waals surface area (Å²) in [6.45, 7) is 4.55. The lowest BCUT2D eigenvalue weighted by molar-refractivity contribution is 0.339.